The summed E-state index contributed by atoms with van der Waals surface area (Å²) in [5.41, 5.74) is 0.780. The summed E-state index contributed by atoms with van der Waals surface area (Å²) in [5.74, 6) is 0.0489. The van der Waals surface area contributed by atoms with Gasteiger partial charge >= 0.3 is 0 Å². The molecule has 2 atom stereocenters. The molecule has 0 saturated heterocycles. The van der Waals surface area contributed by atoms with E-state index in [0.717, 1.165) is 37.7 Å². The van der Waals surface area contributed by atoms with Crippen molar-refractivity contribution in [2.24, 2.45) is 0 Å². The number of nitrogens with zero attached hydrogens (tertiary/aromatic N) is 1. The number of amides is 1. The summed E-state index contributed by atoms with van der Waals surface area (Å²) in [4.78, 5) is 13.7. The Hall–Kier alpha value is -0.830. The van der Waals surface area contributed by atoms with Gasteiger partial charge in [0.05, 0.1) is 12.1 Å². The highest BCUT2D eigenvalue weighted by Crippen LogP contribution is 2.23. The maximum Gasteiger partial charge on any atom is 0.249 e. The molecular weight excluding hydrogens is 202 g/mol. The molecule has 1 fully saturated rings. The molecule has 1 aliphatic rings. The topological polar surface area (TPSA) is 40.5 Å². The smallest absolute Gasteiger partial charge is 0.249 e. The monoisotopic (exact) mass is 225 g/mol. The predicted molar refractivity (Wildman–Crippen MR) is 65.1 cm³/mol. The van der Waals surface area contributed by atoms with Crippen molar-refractivity contribution >= 4 is 5.91 Å². The SMILES string of the molecule is CC/C=C(/C)C(=O)N(C)C1CCCCC1O. The molecule has 0 bridgehead atoms. The summed E-state index contributed by atoms with van der Waals surface area (Å²) >= 11 is 0. The fraction of sp³-hybridized carbons (Fsp3) is 0.769. The van der Waals surface area contributed by atoms with Gasteiger partial charge in [-0.25, -0.2) is 0 Å². The minimum absolute atomic E-state index is 0.00135. The van der Waals surface area contributed by atoms with Gasteiger partial charge in [0, 0.05) is 12.6 Å². The molecule has 0 aliphatic heterocycles. The lowest BCUT2D eigenvalue weighted by Gasteiger charge is -2.35. The Morgan fingerprint density at radius 3 is 2.62 bits per heavy atom. The second kappa shape index (κ2) is 6.04. The minimum atomic E-state index is -0.350. The number of carbonyl (C=O) groups is 1. The number of carbonyl (C=O) groups excluding carboxylic acids is 1. The first-order valence-electron chi connectivity index (χ1n) is 6.20. The van der Waals surface area contributed by atoms with E-state index in [0.29, 0.717) is 0 Å². The van der Waals surface area contributed by atoms with Crippen LogP contribution in [-0.4, -0.2) is 35.1 Å². The molecule has 0 aromatic carbocycles. The van der Waals surface area contributed by atoms with E-state index >= 15 is 0 Å². The molecule has 16 heavy (non-hydrogen) atoms. The summed E-state index contributed by atoms with van der Waals surface area (Å²) in [5, 5.41) is 9.89. The van der Waals surface area contributed by atoms with Crippen molar-refractivity contribution in [2.75, 3.05) is 7.05 Å². The van der Waals surface area contributed by atoms with E-state index in [-0.39, 0.29) is 18.1 Å². The van der Waals surface area contributed by atoms with Crippen LogP contribution >= 0.6 is 0 Å². The number of likely N-dealkylation sites (N-methyl/N-ethyl adjacent to an activating group) is 1. The predicted octanol–water partition coefficient (Wildman–Crippen LogP) is 2.10. The maximum atomic E-state index is 12.0. The van der Waals surface area contributed by atoms with E-state index in [1.165, 1.54) is 0 Å². The molecule has 0 aromatic heterocycles. The standard InChI is InChI=1S/C13H23NO2/c1-4-7-10(2)13(16)14(3)11-8-5-6-9-12(11)15/h7,11-12,15H,4-6,8-9H2,1-3H3/b10-7-. The van der Waals surface area contributed by atoms with Gasteiger partial charge in [-0.1, -0.05) is 25.8 Å². The van der Waals surface area contributed by atoms with Crippen molar-refractivity contribution < 1.29 is 9.90 Å². The molecule has 0 aromatic rings. The van der Waals surface area contributed by atoms with Crippen LogP contribution in [0.3, 0.4) is 0 Å². The Morgan fingerprint density at radius 2 is 2.06 bits per heavy atom. The van der Waals surface area contributed by atoms with E-state index in [2.05, 4.69) is 0 Å². The van der Waals surface area contributed by atoms with E-state index in [9.17, 15) is 9.90 Å². The van der Waals surface area contributed by atoms with Crippen LogP contribution < -0.4 is 0 Å². The molecule has 92 valence electrons. The lowest BCUT2D eigenvalue weighted by molar-refractivity contribution is -0.131. The normalized spacial score (nSPS) is 26.6. The molecule has 1 saturated carbocycles. The highest BCUT2D eigenvalue weighted by molar-refractivity contribution is 5.92. The number of hydrogen-bond donors (Lipinski definition) is 1. The molecule has 3 heteroatoms. The first kappa shape index (κ1) is 13.2. The molecule has 0 spiro atoms. The van der Waals surface area contributed by atoms with Gasteiger partial charge in [-0.15, -0.1) is 0 Å². The third-order valence-electron chi connectivity index (χ3n) is 3.36. The van der Waals surface area contributed by atoms with Crippen molar-refractivity contribution in [2.45, 2.75) is 58.1 Å². The highest BCUT2D eigenvalue weighted by atomic mass is 16.3. The molecule has 3 nitrogen and oxygen atoms in total. The fourth-order valence-electron chi connectivity index (χ4n) is 2.37. The first-order valence-corrected chi connectivity index (χ1v) is 6.20. The Kier molecular flexibility index (Phi) is 5.00. The zero-order chi connectivity index (χ0) is 12.1. The van der Waals surface area contributed by atoms with Gasteiger partial charge in [0.2, 0.25) is 5.91 Å². The fourth-order valence-corrected chi connectivity index (χ4v) is 2.37. The summed E-state index contributed by atoms with van der Waals surface area (Å²) in [6.45, 7) is 3.86. The average Bonchev–Trinajstić information content (AvgIpc) is 2.28. The van der Waals surface area contributed by atoms with E-state index in [1.807, 2.05) is 19.9 Å². The maximum absolute atomic E-state index is 12.0. The van der Waals surface area contributed by atoms with Crippen LogP contribution in [0.25, 0.3) is 0 Å². The van der Waals surface area contributed by atoms with Crippen LogP contribution in [0.5, 0.6) is 0 Å². The molecule has 1 amide bonds. The Balaban J connectivity index is 2.65. The molecule has 0 heterocycles. The van der Waals surface area contributed by atoms with Crippen LogP contribution in [0.2, 0.25) is 0 Å². The van der Waals surface area contributed by atoms with Gasteiger partial charge < -0.3 is 10.0 Å². The van der Waals surface area contributed by atoms with Gasteiger partial charge in [0.15, 0.2) is 0 Å². The van der Waals surface area contributed by atoms with Crippen LogP contribution in [0.4, 0.5) is 0 Å². The average molecular weight is 225 g/mol. The third-order valence-corrected chi connectivity index (χ3v) is 3.36. The lowest BCUT2D eigenvalue weighted by Crippen LogP contribution is -2.46. The van der Waals surface area contributed by atoms with Gasteiger partial charge in [-0.05, 0) is 26.2 Å². The highest BCUT2D eigenvalue weighted by Gasteiger charge is 2.29. The summed E-state index contributed by atoms with van der Waals surface area (Å²) in [6.07, 6.45) is 6.38. The van der Waals surface area contributed by atoms with Crippen molar-refractivity contribution in [1.29, 1.82) is 0 Å². The van der Waals surface area contributed by atoms with Crippen LogP contribution in [0, 0.1) is 0 Å². The Labute approximate surface area is 98.1 Å². The van der Waals surface area contributed by atoms with Crippen LogP contribution in [0.15, 0.2) is 11.6 Å². The van der Waals surface area contributed by atoms with Crippen LogP contribution in [-0.2, 0) is 4.79 Å². The van der Waals surface area contributed by atoms with Crippen molar-refractivity contribution in [3.05, 3.63) is 11.6 Å². The number of rotatable bonds is 3. The van der Waals surface area contributed by atoms with Gasteiger partial charge in [-0.3, -0.25) is 4.79 Å². The zero-order valence-corrected chi connectivity index (χ0v) is 10.6. The molecule has 1 N–H and O–H groups in total. The third kappa shape index (κ3) is 3.08. The number of aliphatic hydroxyl groups excluding tert-OH is 1. The van der Waals surface area contributed by atoms with Crippen molar-refractivity contribution in [3.63, 3.8) is 0 Å². The molecule has 0 radical (unpaired) electrons. The van der Waals surface area contributed by atoms with E-state index in [1.54, 1.807) is 11.9 Å². The second-order valence-corrected chi connectivity index (χ2v) is 4.63. The molecule has 1 rings (SSSR count). The molecular formula is C13H23NO2. The molecule has 2 unspecified atom stereocenters. The van der Waals surface area contributed by atoms with E-state index in [4.69, 9.17) is 0 Å². The quantitative estimate of drug-likeness (QED) is 0.747. The van der Waals surface area contributed by atoms with Gasteiger partial charge in [0.1, 0.15) is 0 Å². The van der Waals surface area contributed by atoms with Gasteiger partial charge in [-0.2, -0.15) is 0 Å². The zero-order valence-electron chi connectivity index (χ0n) is 10.6. The van der Waals surface area contributed by atoms with Gasteiger partial charge in [0.25, 0.3) is 0 Å². The Morgan fingerprint density at radius 1 is 1.44 bits per heavy atom. The second-order valence-electron chi connectivity index (χ2n) is 4.63. The summed E-state index contributed by atoms with van der Waals surface area (Å²) in [6, 6.07) is 0.00135. The van der Waals surface area contributed by atoms with E-state index < -0.39 is 0 Å². The number of aliphatic hydroxyl groups is 1. The summed E-state index contributed by atoms with van der Waals surface area (Å²) in [7, 11) is 1.80. The van der Waals surface area contributed by atoms with Crippen LogP contribution in [0.1, 0.15) is 46.0 Å². The number of allylic oxidation sites excluding steroid dienone is 1. The minimum Gasteiger partial charge on any atom is -0.391 e. The van der Waals surface area contributed by atoms with Crippen molar-refractivity contribution in [3.8, 4) is 0 Å². The Bertz CT molecular complexity index is 273. The lowest BCUT2D eigenvalue weighted by atomic mass is 9.91. The molecule has 1 aliphatic carbocycles. The van der Waals surface area contributed by atoms with Crippen molar-refractivity contribution in [1.82, 2.24) is 4.90 Å². The first-order chi connectivity index (χ1) is 7.57. The number of hydrogen-bond acceptors (Lipinski definition) is 2. The summed E-state index contributed by atoms with van der Waals surface area (Å²) < 4.78 is 0. The largest absolute Gasteiger partial charge is 0.391 e.